The second kappa shape index (κ2) is 7.72. The highest BCUT2D eigenvalue weighted by Gasteiger charge is 2.35. The highest BCUT2D eigenvalue weighted by Crippen LogP contribution is 2.28. The van der Waals surface area contributed by atoms with Crippen molar-refractivity contribution in [3.8, 4) is 0 Å². The van der Waals surface area contributed by atoms with Crippen LogP contribution in [0.1, 0.15) is 44.9 Å². The Morgan fingerprint density at radius 2 is 2.35 bits per heavy atom. The molecule has 4 N–H and O–H groups in total. The summed E-state index contributed by atoms with van der Waals surface area (Å²) in [5.41, 5.74) is 7.26. The summed E-state index contributed by atoms with van der Waals surface area (Å²) in [5, 5.41) is 19.0. The molecule has 128 valence electrons. The van der Waals surface area contributed by atoms with E-state index in [2.05, 4.69) is 18.0 Å². The fraction of sp³-hybridized carbons (Fsp3) is 0.625. The lowest BCUT2D eigenvalue weighted by Crippen LogP contribution is -2.29. The topological polar surface area (TPSA) is 111 Å². The van der Waals surface area contributed by atoms with Gasteiger partial charge in [0, 0.05) is 18.2 Å². The number of ether oxygens (including phenoxy) is 1. The van der Waals surface area contributed by atoms with Crippen LogP contribution in [-0.2, 0) is 11.2 Å². The Hall–Kier alpha value is -1.70. The maximum atomic E-state index is 12.1. The van der Waals surface area contributed by atoms with Gasteiger partial charge in [-0.05, 0) is 19.8 Å². The molecule has 1 aromatic heterocycles. The lowest BCUT2D eigenvalue weighted by molar-refractivity contribution is -0.0459. The summed E-state index contributed by atoms with van der Waals surface area (Å²) in [6.45, 7) is 3.84. The summed E-state index contributed by atoms with van der Waals surface area (Å²) in [5.74, 6) is 0.216. The molecule has 1 aromatic rings. The van der Waals surface area contributed by atoms with Crippen molar-refractivity contribution in [2.24, 2.45) is 0 Å². The van der Waals surface area contributed by atoms with Crippen LogP contribution in [0.15, 0.2) is 22.6 Å². The largest absolute Gasteiger partial charge is 0.394 e. The van der Waals surface area contributed by atoms with Gasteiger partial charge in [-0.3, -0.25) is 4.57 Å². The molecule has 0 spiro atoms. The smallest absolute Gasteiger partial charge is 0.351 e. The van der Waals surface area contributed by atoms with Crippen molar-refractivity contribution >= 4 is 5.82 Å². The van der Waals surface area contributed by atoms with Crippen molar-refractivity contribution in [2.75, 3.05) is 12.3 Å². The molecule has 1 saturated heterocycles. The highest BCUT2D eigenvalue weighted by molar-refractivity contribution is 5.39. The minimum atomic E-state index is -0.802. The van der Waals surface area contributed by atoms with E-state index in [4.69, 9.17) is 15.6 Å². The standard InChI is InChI=1S/C16H25N3O4/c1-3-4-5-10(2)6-11-8-19(16(22)18-15(11)17)14-7-12(21)13(9-20)23-14/h5,8,12-14,20-21H,3-4,6-7,9H2,1-2H3,(H2,17,18,22)/t12?,13-,14-/m1/s1. The van der Waals surface area contributed by atoms with Crippen LogP contribution in [0.3, 0.4) is 0 Å². The van der Waals surface area contributed by atoms with Crippen LogP contribution in [0.5, 0.6) is 0 Å². The highest BCUT2D eigenvalue weighted by atomic mass is 16.5. The van der Waals surface area contributed by atoms with Gasteiger partial charge in [-0.1, -0.05) is 25.0 Å². The first-order chi connectivity index (χ1) is 11.0. The molecule has 0 aromatic carbocycles. The molecule has 2 heterocycles. The quantitative estimate of drug-likeness (QED) is 0.666. The van der Waals surface area contributed by atoms with Crippen LogP contribution in [0.25, 0.3) is 0 Å². The first-order valence-corrected chi connectivity index (χ1v) is 7.93. The molecule has 23 heavy (non-hydrogen) atoms. The fourth-order valence-corrected chi connectivity index (χ4v) is 2.68. The molecule has 1 fully saturated rings. The number of hydrogen-bond acceptors (Lipinski definition) is 6. The van der Waals surface area contributed by atoms with Crippen molar-refractivity contribution < 1.29 is 14.9 Å². The second-order valence-electron chi connectivity index (χ2n) is 5.97. The molecule has 1 aliphatic rings. The Balaban J connectivity index is 2.25. The van der Waals surface area contributed by atoms with Crippen molar-refractivity contribution in [3.63, 3.8) is 0 Å². The monoisotopic (exact) mass is 323 g/mol. The zero-order valence-corrected chi connectivity index (χ0v) is 13.6. The molecule has 1 aliphatic heterocycles. The Labute approximate surface area is 135 Å². The number of nitrogen functional groups attached to an aromatic ring is 1. The predicted molar refractivity (Wildman–Crippen MR) is 86.9 cm³/mol. The van der Waals surface area contributed by atoms with Gasteiger partial charge in [0.2, 0.25) is 0 Å². The van der Waals surface area contributed by atoms with Crippen molar-refractivity contribution in [1.82, 2.24) is 9.55 Å². The Morgan fingerprint density at radius 1 is 1.61 bits per heavy atom. The zero-order chi connectivity index (χ0) is 17.0. The molecule has 0 amide bonds. The van der Waals surface area contributed by atoms with E-state index in [9.17, 15) is 9.90 Å². The average molecular weight is 323 g/mol. The summed E-state index contributed by atoms with van der Waals surface area (Å²) in [6, 6.07) is 0. The zero-order valence-electron chi connectivity index (χ0n) is 13.6. The lowest BCUT2D eigenvalue weighted by atomic mass is 10.1. The molecule has 0 aliphatic carbocycles. The molecule has 1 unspecified atom stereocenters. The third-order valence-corrected chi connectivity index (χ3v) is 4.01. The molecule has 7 heteroatoms. The maximum absolute atomic E-state index is 12.1. The number of hydrogen-bond donors (Lipinski definition) is 3. The van der Waals surface area contributed by atoms with E-state index >= 15 is 0 Å². The second-order valence-corrected chi connectivity index (χ2v) is 5.97. The number of rotatable bonds is 6. The van der Waals surface area contributed by atoms with Gasteiger partial charge in [0.1, 0.15) is 18.1 Å². The third kappa shape index (κ3) is 4.19. The van der Waals surface area contributed by atoms with E-state index in [-0.39, 0.29) is 18.8 Å². The van der Waals surface area contributed by atoms with Gasteiger partial charge in [-0.2, -0.15) is 4.98 Å². The minimum absolute atomic E-state index is 0.216. The van der Waals surface area contributed by atoms with Gasteiger partial charge in [-0.25, -0.2) is 4.79 Å². The maximum Gasteiger partial charge on any atom is 0.351 e. The average Bonchev–Trinajstić information content (AvgIpc) is 2.88. The van der Waals surface area contributed by atoms with Crippen molar-refractivity contribution in [3.05, 3.63) is 33.9 Å². The predicted octanol–water partition coefficient (Wildman–Crippen LogP) is 0.755. The third-order valence-electron chi connectivity index (χ3n) is 4.01. The molecule has 2 rings (SSSR count). The van der Waals surface area contributed by atoms with E-state index in [0.29, 0.717) is 6.42 Å². The summed E-state index contributed by atoms with van der Waals surface area (Å²) in [4.78, 5) is 15.9. The van der Waals surface area contributed by atoms with Crippen LogP contribution in [0.2, 0.25) is 0 Å². The molecule has 0 bridgehead atoms. The Bertz CT molecular complexity index is 626. The number of aromatic nitrogens is 2. The van der Waals surface area contributed by atoms with Gasteiger partial charge in [0.05, 0.1) is 12.7 Å². The van der Waals surface area contributed by atoms with Crippen LogP contribution < -0.4 is 11.4 Å². The minimum Gasteiger partial charge on any atom is -0.394 e. The number of unbranched alkanes of at least 4 members (excludes halogenated alkanes) is 1. The van der Waals surface area contributed by atoms with E-state index in [1.165, 1.54) is 4.57 Å². The Kier molecular flexibility index (Phi) is 5.92. The number of aliphatic hydroxyl groups excluding tert-OH is 2. The molecular formula is C16H25N3O4. The summed E-state index contributed by atoms with van der Waals surface area (Å²) in [6.07, 6.45) is 4.58. The van der Waals surface area contributed by atoms with Gasteiger partial charge >= 0.3 is 5.69 Å². The van der Waals surface area contributed by atoms with Gasteiger partial charge in [-0.15, -0.1) is 0 Å². The number of anilines is 1. The lowest BCUT2D eigenvalue weighted by Gasteiger charge is -2.16. The van der Waals surface area contributed by atoms with Crippen LogP contribution >= 0.6 is 0 Å². The fourth-order valence-electron chi connectivity index (χ4n) is 2.68. The summed E-state index contributed by atoms with van der Waals surface area (Å²) in [7, 11) is 0. The van der Waals surface area contributed by atoms with Crippen LogP contribution in [-0.4, -0.2) is 38.6 Å². The SMILES string of the molecule is CCCC=C(C)Cc1cn([C@H]2CC(O)[C@@H](CO)O2)c(=O)nc1N. The number of aliphatic hydroxyl groups is 2. The van der Waals surface area contributed by atoms with Crippen molar-refractivity contribution in [2.45, 2.75) is 58.0 Å². The normalized spacial score (nSPS) is 25.0. The van der Waals surface area contributed by atoms with Gasteiger partial charge < -0.3 is 20.7 Å². The molecule has 3 atom stereocenters. The number of nitrogens with two attached hydrogens (primary N) is 1. The van der Waals surface area contributed by atoms with E-state index in [0.717, 1.165) is 24.0 Å². The number of allylic oxidation sites excluding steroid dienone is 2. The number of nitrogens with zero attached hydrogens (tertiary/aromatic N) is 2. The molecule has 0 radical (unpaired) electrons. The van der Waals surface area contributed by atoms with Crippen molar-refractivity contribution in [1.29, 1.82) is 0 Å². The molecule has 7 nitrogen and oxygen atoms in total. The Morgan fingerprint density at radius 3 is 2.96 bits per heavy atom. The van der Waals surface area contributed by atoms with Gasteiger partial charge in [0.15, 0.2) is 0 Å². The van der Waals surface area contributed by atoms with E-state index in [1.54, 1.807) is 6.20 Å². The van der Waals surface area contributed by atoms with E-state index in [1.807, 2.05) is 6.92 Å². The van der Waals surface area contributed by atoms with Crippen LogP contribution in [0.4, 0.5) is 5.82 Å². The molecule has 0 saturated carbocycles. The van der Waals surface area contributed by atoms with E-state index < -0.39 is 24.1 Å². The first-order valence-electron chi connectivity index (χ1n) is 7.93. The van der Waals surface area contributed by atoms with Crippen LogP contribution in [0, 0.1) is 0 Å². The summed E-state index contributed by atoms with van der Waals surface area (Å²) >= 11 is 0. The summed E-state index contributed by atoms with van der Waals surface area (Å²) < 4.78 is 6.87. The van der Waals surface area contributed by atoms with Gasteiger partial charge in [0.25, 0.3) is 0 Å². The molecular weight excluding hydrogens is 298 g/mol. The first kappa shape index (κ1) is 17.7.